The highest BCUT2D eigenvalue weighted by molar-refractivity contribution is 6.00. The maximum atomic E-state index is 13.3. The first-order chi connectivity index (χ1) is 16.7. The molecule has 0 bridgehead atoms. The summed E-state index contributed by atoms with van der Waals surface area (Å²) in [4.78, 5) is 27.4. The standard InChI is InChI=1S/C22H21F3N6O4/c1-14(35-21(33)16-4-2-3-5-18(16)31-13-26-28-29-31)20(32)27-17-12-15(22(23,24)25)6-7-19(17)30-8-10-34-11-9-30/h2-7,12-14H,8-11H2,1H3,(H,27,32). The molecule has 0 radical (unpaired) electrons. The molecular formula is C22H21F3N6O4. The van der Waals surface area contributed by atoms with Gasteiger partial charge in [0, 0.05) is 13.1 Å². The van der Waals surface area contributed by atoms with Crippen molar-refractivity contribution in [1.82, 2.24) is 20.2 Å². The van der Waals surface area contributed by atoms with Crippen LogP contribution >= 0.6 is 0 Å². The van der Waals surface area contributed by atoms with Gasteiger partial charge >= 0.3 is 12.1 Å². The van der Waals surface area contributed by atoms with Gasteiger partial charge in [0.25, 0.3) is 5.91 Å². The van der Waals surface area contributed by atoms with Gasteiger partial charge in [-0.25, -0.2) is 4.79 Å². The number of hydrogen-bond acceptors (Lipinski definition) is 8. The highest BCUT2D eigenvalue weighted by Gasteiger charge is 2.32. The Hall–Kier alpha value is -4.00. The Morgan fingerprint density at radius 1 is 1.11 bits per heavy atom. The molecule has 35 heavy (non-hydrogen) atoms. The van der Waals surface area contributed by atoms with Crippen LogP contribution in [0.5, 0.6) is 0 Å². The number of halogens is 3. The Morgan fingerprint density at radius 2 is 1.86 bits per heavy atom. The molecule has 3 aromatic rings. The third-order valence-electron chi connectivity index (χ3n) is 5.31. The van der Waals surface area contributed by atoms with Gasteiger partial charge in [-0.2, -0.15) is 17.9 Å². The fourth-order valence-electron chi connectivity index (χ4n) is 3.52. The number of rotatable bonds is 6. The predicted octanol–water partition coefficient (Wildman–Crippen LogP) is 2.70. The fraction of sp³-hybridized carbons (Fsp3) is 0.318. The van der Waals surface area contributed by atoms with E-state index in [-0.39, 0.29) is 11.3 Å². The lowest BCUT2D eigenvalue weighted by atomic mass is 10.1. The Labute approximate surface area is 197 Å². The largest absolute Gasteiger partial charge is 0.449 e. The van der Waals surface area contributed by atoms with E-state index in [2.05, 4.69) is 20.8 Å². The number of carbonyl (C=O) groups is 2. The van der Waals surface area contributed by atoms with Crippen molar-refractivity contribution in [2.45, 2.75) is 19.2 Å². The number of para-hydroxylation sites is 1. The Bertz CT molecular complexity index is 1200. The lowest BCUT2D eigenvalue weighted by Crippen LogP contribution is -2.37. The summed E-state index contributed by atoms with van der Waals surface area (Å²) >= 11 is 0. The van der Waals surface area contributed by atoms with E-state index < -0.39 is 29.7 Å². The highest BCUT2D eigenvalue weighted by Crippen LogP contribution is 2.36. The van der Waals surface area contributed by atoms with Crippen molar-refractivity contribution in [2.24, 2.45) is 0 Å². The van der Waals surface area contributed by atoms with E-state index in [1.807, 2.05) is 4.90 Å². The number of tetrazole rings is 1. The number of aromatic nitrogens is 4. The van der Waals surface area contributed by atoms with E-state index >= 15 is 0 Å². The van der Waals surface area contributed by atoms with E-state index in [1.54, 1.807) is 18.2 Å². The van der Waals surface area contributed by atoms with E-state index in [0.29, 0.717) is 37.7 Å². The van der Waals surface area contributed by atoms with Crippen molar-refractivity contribution in [2.75, 3.05) is 36.5 Å². The Kier molecular flexibility index (Phi) is 6.96. The maximum Gasteiger partial charge on any atom is 0.416 e. The summed E-state index contributed by atoms with van der Waals surface area (Å²) in [6.45, 7) is 3.04. The minimum Gasteiger partial charge on any atom is -0.449 e. The van der Waals surface area contributed by atoms with Gasteiger partial charge in [0.15, 0.2) is 6.10 Å². The minimum atomic E-state index is -4.60. The van der Waals surface area contributed by atoms with Crippen molar-refractivity contribution in [1.29, 1.82) is 0 Å². The molecule has 1 N–H and O–H groups in total. The molecule has 0 spiro atoms. The number of esters is 1. The van der Waals surface area contributed by atoms with Crippen LogP contribution < -0.4 is 10.2 Å². The number of amides is 1. The van der Waals surface area contributed by atoms with Gasteiger partial charge < -0.3 is 19.7 Å². The van der Waals surface area contributed by atoms with Crippen LogP contribution in [0.4, 0.5) is 24.5 Å². The Morgan fingerprint density at radius 3 is 2.54 bits per heavy atom. The fourth-order valence-corrected chi connectivity index (χ4v) is 3.52. The summed E-state index contributed by atoms with van der Waals surface area (Å²) in [5.41, 5.74) is -0.0964. The molecule has 13 heteroatoms. The van der Waals surface area contributed by atoms with E-state index in [9.17, 15) is 22.8 Å². The van der Waals surface area contributed by atoms with Crippen LogP contribution in [0.3, 0.4) is 0 Å². The lowest BCUT2D eigenvalue weighted by molar-refractivity contribution is -0.137. The first-order valence-electron chi connectivity index (χ1n) is 10.6. The van der Waals surface area contributed by atoms with Crippen LogP contribution in [-0.2, 0) is 20.4 Å². The molecule has 0 saturated carbocycles. The van der Waals surface area contributed by atoms with Crippen LogP contribution in [0.1, 0.15) is 22.8 Å². The lowest BCUT2D eigenvalue weighted by Gasteiger charge is -2.31. The van der Waals surface area contributed by atoms with Gasteiger partial charge in [0.1, 0.15) is 6.33 Å². The molecule has 0 aliphatic carbocycles. The number of alkyl halides is 3. The summed E-state index contributed by atoms with van der Waals surface area (Å²) in [6.07, 6.45) is -4.61. The number of hydrogen-bond donors (Lipinski definition) is 1. The molecule has 1 fully saturated rings. The van der Waals surface area contributed by atoms with Crippen molar-refractivity contribution >= 4 is 23.3 Å². The van der Waals surface area contributed by atoms with Gasteiger partial charge in [-0.05, 0) is 47.7 Å². The van der Waals surface area contributed by atoms with E-state index in [0.717, 1.165) is 12.1 Å². The normalized spacial score (nSPS) is 14.9. The van der Waals surface area contributed by atoms with Crippen molar-refractivity contribution in [3.63, 3.8) is 0 Å². The minimum absolute atomic E-state index is 0.0382. The topological polar surface area (TPSA) is 111 Å². The zero-order valence-electron chi connectivity index (χ0n) is 18.5. The van der Waals surface area contributed by atoms with Gasteiger partial charge in [-0.3, -0.25) is 4.79 Å². The third kappa shape index (κ3) is 5.57. The summed E-state index contributed by atoms with van der Waals surface area (Å²) in [5.74, 6) is -1.61. The third-order valence-corrected chi connectivity index (χ3v) is 5.31. The first-order valence-corrected chi connectivity index (χ1v) is 10.6. The molecule has 1 amide bonds. The van der Waals surface area contributed by atoms with E-state index in [4.69, 9.17) is 9.47 Å². The number of carbonyl (C=O) groups excluding carboxylic acids is 2. The smallest absolute Gasteiger partial charge is 0.416 e. The molecule has 1 aliphatic rings. The number of benzene rings is 2. The molecule has 2 heterocycles. The molecule has 184 valence electrons. The quantitative estimate of drug-likeness (QED) is 0.525. The zero-order valence-corrected chi connectivity index (χ0v) is 18.5. The molecular weight excluding hydrogens is 469 g/mol. The Balaban J connectivity index is 1.53. The average molecular weight is 490 g/mol. The number of ether oxygens (including phenoxy) is 2. The molecule has 1 atom stereocenters. The second-order valence-electron chi connectivity index (χ2n) is 7.64. The molecule has 1 aliphatic heterocycles. The second kappa shape index (κ2) is 10.1. The monoisotopic (exact) mass is 490 g/mol. The van der Waals surface area contributed by atoms with Gasteiger partial charge in [-0.15, -0.1) is 5.10 Å². The summed E-state index contributed by atoms with van der Waals surface area (Å²) in [5, 5.41) is 13.3. The SMILES string of the molecule is CC(OC(=O)c1ccccc1-n1cnnn1)C(=O)Nc1cc(C(F)(F)F)ccc1N1CCOCC1. The van der Waals surface area contributed by atoms with Crippen LogP contribution in [0.2, 0.25) is 0 Å². The molecule has 2 aromatic carbocycles. The van der Waals surface area contributed by atoms with Crippen LogP contribution in [-0.4, -0.2) is 64.5 Å². The first kappa shape index (κ1) is 24.1. The summed E-state index contributed by atoms with van der Waals surface area (Å²) < 4.78 is 51.8. The van der Waals surface area contributed by atoms with Crippen LogP contribution in [0.25, 0.3) is 5.69 Å². The predicted molar refractivity (Wildman–Crippen MR) is 117 cm³/mol. The number of nitrogens with one attached hydrogen (secondary N) is 1. The summed E-state index contributed by atoms with van der Waals surface area (Å²) in [7, 11) is 0. The van der Waals surface area contributed by atoms with Gasteiger partial charge in [0.2, 0.25) is 0 Å². The zero-order chi connectivity index (χ0) is 25.0. The molecule has 10 nitrogen and oxygen atoms in total. The number of anilines is 2. The van der Waals surface area contributed by atoms with Gasteiger partial charge in [-0.1, -0.05) is 12.1 Å². The molecule has 1 unspecified atom stereocenters. The van der Waals surface area contributed by atoms with E-state index in [1.165, 1.54) is 30.1 Å². The second-order valence-corrected chi connectivity index (χ2v) is 7.64. The molecule has 1 aromatic heterocycles. The number of nitrogens with zero attached hydrogens (tertiary/aromatic N) is 5. The maximum absolute atomic E-state index is 13.3. The van der Waals surface area contributed by atoms with Crippen LogP contribution in [0, 0.1) is 0 Å². The van der Waals surface area contributed by atoms with Gasteiger partial charge in [0.05, 0.1) is 41.4 Å². The molecule has 4 rings (SSSR count). The summed E-state index contributed by atoms with van der Waals surface area (Å²) in [6, 6.07) is 9.48. The highest BCUT2D eigenvalue weighted by atomic mass is 19.4. The van der Waals surface area contributed by atoms with Crippen LogP contribution in [0.15, 0.2) is 48.8 Å². The molecule has 1 saturated heterocycles. The van der Waals surface area contributed by atoms with Crippen molar-refractivity contribution in [3.05, 3.63) is 59.9 Å². The van der Waals surface area contributed by atoms with Crippen molar-refractivity contribution in [3.8, 4) is 5.69 Å². The average Bonchev–Trinajstić information content (AvgIpc) is 3.39. The van der Waals surface area contributed by atoms with Crippen molar-refractivity contribution < 1.29 is 32.2 Å². The number of morpholine rings is 1.